The fourth-order valence-corrected chi connectivity index (χ4v) is 2.90. The van der Waals surface area contributed by atoms with Gasteiger partial charge in [0.2, 0.25) is 5.91 Å². The van der Waals surface area contributed by atoms with E-state index in [1.54, 1.807) is 0 Å². The second-order valence-corrected chi connectivity index (χ2v) is 6.01. The summed E-state index contributed by atoms with van der Waals surface area (Å²) in [5.41, 5.74) is -1.17. The highest BCUT2D eigenvalue weighted by Crippen LogP contribution is 2.12. The first-order valence-electron chi connectivity index (χ1n) is 8.19. The van der Waals surface area contributed by atoms with E-state index in [9.17, 15) is 19.6 Å². The molecule has 8 nitrogen and oxygen atoms in total. The van der Waals surface area contributed by atoms with E-state index in [-0.39, 0.29) is 17.3 Å². The summed E-state index contributed by atoms with van der Waals surface area (Å²) < 4.78 is 2.18. The number of rotatable bonds is 5. The van der Waals surface area contributed by atoms with Gasteiger partial charge in [-0.2, -0.15) is 5.26 Å². The van der Waals surface area contributed by atoms with Crippen molar-refractivity contribution in [2.24, 2.45) is 14.1 Å². The van der Waals surface area contributed by atoms with Crippen molar-refractivity contribution < 1.29 is 4.79 Å². The van der Waals surface area contributed by atoms with Gasteiger partial charge in [-0.25, -0.2) is 4.79 Å². The van der Waals surface area contributed by atoms with Gasteiger partial charge < -0.3 is 10.2 Å². The van der Waals surface area contributed by atoms with E-state index in [0.29, 0.717) is 25.9 Å². The Morgan fingerprint density at radius 3 is 2.58 bits per heavy atom. The van der Waals surface area contributed by atoms with Gasteiger partial charge in [-0.05, 0) is 19.3 Å². The van der Waals surface area contributed by atoms with Gasteiger partial charge in [-0.3, -0.25) is 18.7 Å². The minimum absolute atomic E-state index is 0.0783. The van der Waals surface area contributed by atoms with Crippen LogP contribution in [0, 0.1) is 11.3 Å². The molecule has 1 fully saturated rings. The van der Waals surface area contributed by atoms with E-state index in [1.165, 1.54) is 18.7 Å². The van der Waals surface area contributed by atoms with E-state index < -0.39 is 11.2 Å². The topological polar surface area (TPSA) is 100 Å². The SMILES string of the molecule is Cn1c(NCCCN2CCCCCC2=O)c(C#N)c(=O)n(C)c1=O. The maximum Gasteiger partial charge on any atom is 0.332 e. The van der Waals surface area contributed by atoms with E-state index in [1.807, 2.05) is 11.0 Å². The van der Waals surface area contributed by atoms with Gasteiger partial charge in [0.1, 0.15) is 11.9 Å². The summed E-state index contributed by atoms with van der Waals surface area (Å²) in [6, 6.07) is 1.86. The van der Waals surface area contributed by atoms with Crippen LogP contribution in [0.2, 0.25) is 0 Å². The van der Waals surface area contributed by atoms with Gasteiger partial charge in [0.15, 0.2) is 5.56 Å². The minimum atomic E-state index is -0.606. The summed E-state index contributed by atoms with van der Waals surface area (Å²) in [5, 5.41) is 12.2. The molecule has 0 radical (unpaired) electrons. The molecule has 1 saturated heterocycles. The van der Waals surface area contributed by atoms with Crippen LogP contribution in [0.3, 0.4) is 0 Å². The van der Waals surface area contributed by atoms with Crippen molar-refractivity contribution in [3.63, 3.8) is 0 Å². The second-order valence-electron chi connectivity index (χ2n) is 6.01. The minimum Gasteiger partial charge on any atom is -0.370 e. The monoisotopic (exact) mass is 333 g/mol. The van der Waals surface area contributed by atoms with Crippen LogP contribution in [0.5, 0.6) is 0 Å². The molecular formula is C16H23N5O3. The number of likely N-dealkylation sites (tertiary alicyclic amines) is 1. The Balaban J connectivity index is 2.02. The van der Waals surface area contributed by atoms with E-state index in [4.69, 9.17) is 0 Å². The molecule has 1 amide bonds. The fraction of sp³-hybridized carbons (Fsp3) is 0.625. The van der Waals surface area contributed by atoms with Crippen LogP contribution in [0.4, 0.5) is 5.82 Å². The normalized spacial score (nSPS) is 15.0. The smallest absolute Gasteiger partial charge is 0.332 e. The molecule has 0 aromatic carbocycles. The molecule has 1 aliphatic rings. The van der Waals surface area contributed by atoms with Crippen molar-refractivity contribution in [1.82, 2.24) is 14.0 Å². The molecule has 0 bridgehead atoms. The molecule has 8 heteroatoms. The van der Waals surface area contributed by atoms with Gasteiger partial charge in [0.05, 0.1) is 0 Å². The molecule has 24 heavy (non-hydrogen) atoms. The van der Waals surface area contributed by atoms with Crippen molar-refractivity contribution in [2.45, 2.75) is 32.1 Å². The van der Waals surface area contributed by atoms with Gasteiger partial charge in [0, 0.05) is 40.2 Å². The number of hydrogen-bond donors (Lipinski definition) is 1. The lowest BCUT2D eigenvalue weighted by Gasteiger charge is -2.21. The van der Waals surface area contributed by atoms with Gasteiger partial charge in [0.25, 0.3) is 5.56 Å². The number of carbonyl (C=O) groups excluding carboxylic acids is 1. The Labute approximate surface area is 140 Å². The first-order valence-corrected chi connectivity index (χ1v) is 8.19. The number of carbonyl (C=O) groups is 1. The standard InChI is InChI=1S/C16H23N5O3/c1-19-14(12(11-17)15(23)20(2)16(19)24)18-8-6-10-21-9-5-3-4-7-13(21)22/h18H,3-10H2,1-2H3. The number of nitrogens with zero attached hydrogens (tertiary/aromatic N) is 4. The molecule has 1 aromatic rings. The molecule has 0 aliphatic carbocycles. The second kappa shape index (κ2) is 7.81. The number of aromatic nitrogens is 2. The zero-order valence-electron chi connectivity index (χ0n) is 14.2. The molecule has 1 aromatic heterocycles. The first kappa shape index (κ1) is 17.8. The third-order valence-electron chi connectivity index (χ3n) is 4.35. The molecule has 0 spiro atoms. The van der Waals surface area contributed by atoms with Gasteiger partial charge >= 0.3 is 5.69 Å². The summed E-state index contributed by atoms with van der Waals surface area (Å²) in [7, 11) is 2.86. The summed E-state index contributed by atoms with van der Waals surface area (Å²) >= 11 is 0. The predicted octanol–water partition coefficient (Wildman–Crippen LogP) is 0.160. The number of nitrogens with one attached hydrogen (secondary N) is 1. The van der Waals surface area contributed by atoms with E-state index in [2.05, 4.69) is 5.32 Å². The molecule has 0 saturated carbocycles. The van der Waals surface area contributed by atoms with E-state index >= 15 is 0 Å². The highest BCUT2D eigenvalue weighted by Gasteiger charge is 2.17. The highest BCUT2D eigenvalue weighted by molar-refractivity contribution is 5.76. The lowest BCUT2D eigenvalue weighted by molar-refractivity contribution is -0.130. The third-order valence-corrected chi connectivity index (χ3v) is 4.35. The third kappa shape index (κ3) is 3.67. The van der Waals surface area contributed by atoms with Crippen molar-refractivity contribution in [1.29, 1.82) is 5.26 Å². The molecule has 1 N–H and O–H groups in total. The average Bonchev–Trinajstić information content (AvgIpc) is 2.78. The quantitative estimate of drug-likeness (QED) is 0.774. The largest absolute Gasteiger partial charge is 0.370 e. The van der Waals surface area contributed by atoms with Crippen molar-refractivity contribution in [3.8, 4) is 6.07 Å². The number of nitriles is 1. The maximum atomic E-state index is 12.0. The lowest BCUT2D eigenvalue weighted by Crippen LogP contribution is -2.40. The zero-order valence-corrected chi connectivity index (χ0v) is 14.2. The zero-order chi connectivity index (χ0) is 17.7. The van der Waals surface area contributed by atoms with Crippen molar-refractivity contribution >= 4 is 11.7 Å². The van der Waals surface area contributed by atoms with Crippen LogP contribution in [-0.2, 0) is 18.9 Å². The summed E-state index contributed by atoms with van der Waals surface area (Å²) in [6.45, 7) is 1.89. The molecule has 0 unspecified atom stereocenters. The summed E-state index contributed by atoms with van der Waals surface area (Å²) in [6.07, 6.45) is 4.35. The van der Waals surface area contributed by atoms with Crippen LogP contribution in [-0.4, -0.2) is 39.6 Å². The van der Waals surface area contributed by atoms with Gasteiger partial charge in [-0.15, -0.1) is 0 Å². The first-order chi connectivity index (χ1) is 11.5. The molecular weight excluding hydrogens is 310 g/mol. The molecule has 0 atom stereocenters. The highest BCUT2D eigenvalue weighted by atomic mass is 16.2. The Kier molecular flexibility index (Phi) is 5.79. The summed E-state index contributed by atoms with van der Waals surface area (Å²) in [4.78, 5) is 37.7. The number of hydrogen-bond acceptors (Lipinski definition) is 5. The van der Waals surface area contributed by atoms with Crippen molar-refractivity contribution in [3.05, 3.63) is 26.4 Å². The Morgan fingerprint density at radius 2 is 1.88 bits per heavy atom. The molecule has 2 rings (SSSR count). The predicted molar refractivity (Wildman–Crippen MR) is 89.8 cm³/mol. The Hall–Kier alpha value is -2.56. The molecule has 130 valence electrons. The van der Waals surface area contributed by atoms with Crippen LogP contribution in [0.15, 0.2) is 9.59 Å². The van der Waals surface area contributed by atoms with Crippen LogP contribution in [0.1, 0.15) is 37.7 Å². The maximum absolute atomic E-state index is 12.0. The average molecular weight is 333 g/mol. The van der Waals surface area contributed by atoms with Gasteiger partial charge in [-0.1, -0.05) is 6.42 Å². The Morgan fingerprint density at radius 1 is 1.12 bits per heavy atom. The summed E-state index contributed by atoms with van der Waals surface area (Å²) in [5.74, 6) is 0.416. The lowest BCUT2D eigenvalue weighted by atomic mass is 10.2. The van der Waals surface area contributed by atoms with Crippen LogP contribution >= 0.6 is 0 Å². The van der Waals surface area contributed by atoms with Crippen molar-refractivity contribution in [2.75, 3.05) is 25.0 Å². The Bertz CT molecular complexity index is 772. The molecule has 1 aliphatic heterocycles. The van der Waals surface area contributed by atoms with Crippen LogP contribution < -0.4 is 16.6 Å². The molecule has 2 heterocycles. The van der Waals surface area contributed by atoms with E-state index in [0.717, 1.165) is 30.4 Å². The fourth-order valence-electron chi connectivity index (χ4n) is 2.90. The number of anilines is 1. The van der Waals surface area contributed by atoms with Crippen LogP contribution in [0.25, 0.3) is 0 Å². The number of amides is 1.